The second kappa shape index (κ2) is 10.4. The average Bonchev–Trinajstić information content (AvgIpc) is 2.65. The van der Waals surface area contributed by atoms with Gasteiger partial charge in [-0.3, -0.25) is 14.5 Å². The lowest BCUT2D eigenvalue weighted by Gasteiger charge is -2.19. The lowest BCUT2D eigenvalue weighted by molar-refractivity contribution is -0.137. The lowest BCUT2D eigenvalue weighted by atomic mass is 9.88. The number of carbonyl (C=O) groups excluding carboxylic acids is 1. The number of rotatable bonds is 10. The molecule has 138 valence electrons. The number of likely N-dealkylation sites (N-methyl/N-ethyl adjacent to an activating group) is 1. The molecule has 2 aromatic carbocycles. The van der Waals surface area contributed by atoms with Gasteiger partial charge in [0.1, 0.15) is 0 Å². The quantitative estimate of drug-likeness (QED) is 0.688. The smallest absolute Gasteiger partial charge is 0.304 e. The van der Waals surface area contributed by atoms with Crippen molar-refractivity contribution in [2.24, 2.45) is 0 Å². The molecular weight excluding hydrogens is 328 g/mol. The maximum absolute atomic E-state index is 12.1. The molecule has 0 saturated carbocycles. The van der Waals surface area contributed by atoms with Gasteiger partial charge in [0, 0.05) is 19.0 Å². The number of amides is 1. The normalized spacial score (nSPS) is 10.9. The SMILES string of the molecule is CN(CCC(=O)O)CC(=O)NCCC(c1ccccc1)c1ccccc1. The van der Waals surface area contributed by atoms with Crippen LogP contribution in [0.15, 0.2) is 60.7 Å². The van der Waals surface area contributed by atoms with Crippen LogP contribution in [-0.4, -0.2) is 48.6 Å². The molecule has 0 bridgehead atoms. The first-order valence-corrected chi connectivity index (χ1v) is 8.83. The molecule has 26 heavy (non-hydrogen) atoms. The van der Waals surface area contributed by atoms with Crippen molar-refractivity contribution in [2.75, 3.05) is 26.7 Å². The molecule has 0 unspecified atom stereocenters. The molecule has 2 aromatic rings. The Morgan fingerprint density at radius 2 is 1.54 bits per heavy atom. The fraction of sp³-hybridized carbons (Fsp3) is 0.333. The van der Waals surface area contributed by atoms with Crippen LogP contribution >= 0.6 is 0 Å². The number of nitrogens with zero attached hydrogens (tertiary/aromatic N) is 1. The number of carbonyl (C=O) groups is 2. The molecule has 5 heteroatoms. The van der Waals surface area contributed by atoms with Gasteiger partial charge >= 0.3 is 5.97 Å². The molecule has 0 atom stereocenters. The number of carboxylic acids is 1. The van der Waals surface area contributed by atoms with Gasteiger partial charge in [-0.1, -0.05) is 60.7 Å². The Kier molecular flexibility index (Phi) is 7.83. The summed E-state index contributed by atoms with van der Waals surface area (Å²) in [5, 5.41) is 11.6. The predicted molar refractivity (Wildman–Crippen MR) is 102 cm³/mol. The molecule has 0 aromatic heterocycles. The third kappa shape index (κ3) is 6.69. The van der Waals surface area contributed by atoms with Gasteiger partial charge in [-0.25, -0.2) is 0 Å². The first kappa shape index (κ1) is 19.7. The van der Waals surface area contributed by atoms with E-state index in [1.807, 2.05) is 36.4 Å². The summed E-state index contributed by atoms with van der Waals surface area (Å²) in [6.45, 7) is 1.13. The molecule has 1 amide bonds. The molecule has 0 aliphatic rings. The standard InChI is InChI=1S/C21H26N2O3/c1-23(15-13-21(25)26)16-20(24)22-14-12-19(17-8-4-2-5-9-17)18-10-6-3-7-11-18/h2-11,19H,12-16H2,1H3,(H,22,24)(H,25,26). The molecule has 0 saturated heterocycles. The fourth-order valence-corrected chi connectivity index (χ4v) is 2.92. The highest BCUT2D eigenvalue weighted by Crippen LogP contribution is 2.27. The van der Waals surface area contributed by atoms with E-state index in [-0.39, 0.29) is 24.8 Å². The van der Waals surface area contributed by atoms with E-state index in [4.69, 9.17) is 5.11 Å². The summed E-state index contributed by atoms with van der Waals surface area (Å²) in [6.07, 6.45) is 0.840. The molecule has 0 fully saturated rings. The van der Waals surface area contributed by atoms with Gasteiger partial charge in [-0.15, -0.1) is 0 Å². The summed E-state index contributed by atoms with van der Waals surface area (Å²) in [5.74, 6) is -0.717. The Bertz CT molecular complexity index is 649. The van der Waals surface area contributed by atoms with Crippen LogP contribution in [0.1, 0.15) is 29.9 Å². The molecule has 5 nitrogen and oxygen atoms in total. The van der Waals surface area contributed by atoms with E-state index in [9.17, 15) is 9.59 Å². The second-order valence-electron chi connectivity index (χ2n) is 6.39. The van der Waals surface area contributed by atoms with Gasteiger partial charge in [0.15, 0.2) is 0 Å². The highest BCUT2D eigenvalue weighted by atomic mass is 16.4. The minimum absolute atomic E-state index is 0.0356. The molecule has 0 spiro atoms. The van der Waals surface area contributed by atoms with Crippen LogP contribution in [0.5, 0.6) is 0 Å². The zero-order valence-corrected chi connectivity index (χ0v) is 15.1. The largest absolute Gasteiger partial charge is 0.481 e. The zero-order valence-electron chi connectivity index (χ0n) is 15.1. The molecule has 0 aliphatic carbocycles. The second-order valence-corrected chi connectivity index (χ2v) is 6.39. The molecule has 0 radical (unpaired) electrons. The number of benzene rings is 2. The van der Waals surface area contributed by atoms with Gasteiger partial charge in [-0.05, 0) is 24.6 Å². The summed E-state index contributed by atoms with van der Waals surface area (Å²) in [6, 6.07) is 20.6. The fourth-order valence-electron chi connectivity index (χ4n) is 2.92. The van der Waals surface area contributed by atoms with Crippen LogP contribution < -0.4 is 5.32 Å². The van der Waals surface area contributed by atoms with Crippen LogP contribution in [0.25, 0.3) is 0 Å². The van der Waals surface area contributed by atoms with Gasteiger partial charge < -0.3 is 10.4 Å². The number of hydrogen-bond donors (Lipinski definition) is 2. The Hall–Kier alpha value is -2.66. The van der Waals surface area contributed by atoms with Crippen molar-refractivity contribution < 1.29 is 14.7 Å². The summed E-state index contributed by atoms with van der Waals surface area (Å²) in [5.41, 5.74) is 2.46. The van der Waals surface area contributed by atoms with Gasteiger partial charge in [0.2, 0.25) is 5.91 Å². The lowest BCUT2D eigenvalue weighted by Crippen LogP contribution is -2.36. The summed E-state index contributed by atoms with van der Waals surface area (Å²) >= 11 is 0. The number of nitrogens with one attached hydrogen (secondary N) is 1. The first-order valence-electron chi connectivity index (χ1n) is 8.83. The van der Waals surface area contributed by atoms with Crippen molar-refractivity contribution >= 4 is 11.9 Å². The molecule has 0 aliphatic heterocycles. The molecule has 0 heterocycles. The van der Waals surface area contributed by atoms with E-state index < -0.39 is 5.97 Å². The number of aliphatic carboxylic acids is 1. The van der Waals surface area contributed by atoms with Crippen LogP contribution in [-0.2, 0) is 9.59 Å². The highest BCUT2D eigenvalue weighted by Gasteiger charge is 2.14. The molecular formula is C21H26N2O3. The van der Waals surface area contributed by atoms with E-state index in [2.05, 4.69) is 29.6 Å². The number of carboxylic acid groups (broad SMARTS) is 1. The summed E-state index contributed by atoms with van der Waals surface area (Å²) in [7, 11) is 1.75. The van der Waals surface area contributed by atoms with Crippen molar-refractivity contribution in [3.63, 3.8) is 0 Å². The minimum atomic E-state index is -0.856. The molecule has 2 N–H and O–H groups in total. The maximum atomic E-state index is 12.1. The van der Waals surface area contributed by atoms with Crippen molar-refractivity contribution in [1.29, 1.82) is 0 Å². The predicted octanol–water partition coefficient (Wildman–Crippen LogP) is 2.73. The van der Waals surface area contributed by atoms with E-state index in [1.165, 1.54) is 11.1 Å². The first-order chi connectivity index (χ1) is 12.6. The van der Waals surface area contributed by atoms with Crippen LogP contribution in [0.4, 0.5) is 0 Å². The van der Waals surface area contributed by atoms with E-state index in [0.717, 1.165) is 6.42 Å². The van der Waals surface area contributed by atoms with Crippen molar-refractivity contribution in [2.45, 2.75) is 18.8 Å². The summed E-state index contributed by atoms with van der Waals surface area (Å²) < 4.78 is 0. The van der Waals surface area contributed by atoms with Crippen LogP contribution in [0, 0.1) is 0 Å². The van der Waals surface area contributed by atoms with Crippen molar-refractivity contribution in [3.05, 3.63) is 71.8 Å². The number of hydrogen-bond acceptors (Lipinski definition) is 3. The van der Waals surface area contributed by atoms with E-state index in [0.29, 0.717) is 13.1 Å². The van der Waals surface area contributed by atoms with Crippen LogP contribution in [0.2, 0.25) is 0 Å². The third-order valence-corrected chi connectivity index (χ3v) is 4.28. The average molecular weight is 354 g/mol. The van der Waals surface area contributed by atoms with Gasteiger partial charge in [0.05, 0.1) is 13.0 Å². The highest BCUT2D eigenvalue weighted by molar-refractivity contribution is 5.78. The zero-order chi connectivity index (χ0) is 18.8. The Labute approximate surface area is 154 Å². The summed E-state index contributed by atoms with van der Waals surface area (Å²) in [4.78, 5) is 24.3. The topological polar surface area (TPSA) is 69.6 Å². The van der Waals surface area contributed by atoms with Crippen molar-refractivity contribution in [1.82, 2.24) is 10.2 Å². The minimum Gasteiger partial charge on any atom is -0.481 e. The van der Waals surface area contributed by atoms with Crippen molar-refractivity contribution in [3.8, 4) is 0 Å². The van der Waals surface area contributed by atoms with Gasteiger partial charge in [-0.2, -0.15) is 0 Å². The van der Waals surface area contributed by atoms with Gasteiger partial charge in [0.25, 0.3) is 0 Å². The van der Waals surface area contributed by atoms with E-state index >= 15 is 0 Å². The Balaban J connectivity index is 1.88. The maximum Gasteiger partial charge on any atom is 0.304 e. The Morgan fingerprint density at radius 1 is 1.00 bits per heavy atom. The molecule has 2 rings (SSSR count). The monoisotopic (exact) mass is 354 g/mol. The third-order valence-electron chi connectivity index (χ3n) is 4.28. The Morgan fingerprint density at radius 3 is 2.04 bits per heavy atom. The van der Waals surface area contributed by atoms with E-state index in [1.54, 1.807) is 11.9 Å². The van der Waals surface area contributed by atoms with Crippen LogP contribution in [0.3, 0.4) is 0 Å².